The van der Waals surface area contributed by atoms with Gasteiger partial charge in [0.05, 0.1) is 13.5 Å². The van der Waals surface area contributed by atoms with E-state index in [4.69, 9.17) is 23.2 Å². The lowest BCUT2D eigenvalue weighted by atomic mass is 10.1. The monoisotopic (exact) mass is 473 g/mol. The molecule has 0 heterocycles. The number of guanidine groups is 1. The van der Waals surface area contributed by atoms with E-state index in [-0.39, 0.29) is 29.9 Å². The number of aliphatic imine (C=N–C) groups is 1. The molecule has 23 heavy (non-hydrogen) atoms. The molecular weight excluding hydrogens is 452 g/mol. The SMILES string of the molecule is CN=C(NCCCc1ccc(Cl)cc1Cl)NCCC(=O)OC.I. The average Bonchev–Trinajstić information content (AvgIpc) is 2.51. The lowest BCUT2D eigenvalue weighted by Gasteiger charge is -2.11. The molecule has 0 unspecified atom stereocenters. The number of hydrogen-bond donors (Lipinski definition) is 2. The van der Waals surface area contributed by atoms with E-state index in [9.17, 15) is 4.79 Å². The zero-order chi connectivity index (χ0) is 16.4. The van der Waals surface area contributed by atoms with Gasteiger partial charge in [0, 0.05) is 30.2 Å². The molecule has 0 atom stereocenters. The Hall–Kier alpha value is -0.730. The van der Waals surface area contributed by atoms with Crippen LogP contribution in [-0.4, -0.2) is 39.2 Å². The summed E-state index contributed by atoms with van der Waals surface area (Å²) >= 11 is 12.0. The van der Waals surface area contributed by atoms with Gasteiger partial charge < -0.3 is 15.4 Å². The van der Waals surface area contributed by atoms with Crippen LogP contribution >= 0.6 is 47.2 Å². The molecule has 0 amide bonds. The Bertz CT molecular complexity index is 527. The highest BCUT2D eigenvalue weighted by Gasteiger charge is 2.03. The van der Waals surface area contributed by atoms with Crippen LogP contribution in [0, 0.1) is 0 Å². The minimum Gasteiger partial charge on any atom is -0.469 e. The van der Waals surface area contributed by atoms with Crippen LogP contribution in [-0.2, 0) is 16.0 Å². The number of carbonyl (C=O) groups excluding carboxylic acids is 1. The van der Waals surface area contributed by atoms with Crippen molar-refractivity contribution in [2.75, 3.05) is 27.2 Å². The Morgan fingerprint density at radius 2 is 1.96 bits per heavy atom. The summed E-state index contributed by atoms with van der Waals surface area (Å²) in [6, 6.07) is 5.52. The highest BCUT2D eigenvalue weighted by Crippen LogP contribution is 2.21. The van der Waals surface area contributed by atoms with Crippen molar-refractivity contribution >= 4 is 59.1 Å². The number of carbonyl (C=O) groups is 1. The summed E-state index contributed by atoms with van der Waals surface area (Å²) < 4.78 is 4.57. The zero-order valence-corrected chi connectivity index (χ0v) is 17.0. The van der Waals surface area contributed by atoms with Crippen LogP contribution in [0.25, 0.3) is 0 Å². The molecule has 0 bridgehead atoms. The predicted octanol–water partition coefficient (Wildman–Crippen LogP) is 3.27. The molecule has 1 aromatic carbocycles. The first-order valence-electron chi connectivity index (χ1n) is 7.02. The number of ether oxygens (including phenoxy) is 1. The Morgan fingerprint density at radius 1 is 1.26 bits per heavy atom. The lowest BCUT2D eigenvalue weighted by Crippen LogP contribution is -2.38. The van der Waals surface area contributed by atoms with Gasteiger partial charge in [-0.1, -0.05) is 29.3 Å². The molecule has 0 aliphatic heterocycles. The Labute approximate surface area is 164 Å². The minimum atomic E-state index is -0.250. The third kappa shape index (κ3) is 9.22. The predicted molar refractivity (Wildman–Crippen MR) is 106 cm³/mol. The molecule has 0 aliphatic carbocycles. The van der Waals surface area contributed by atoms with E-state index in [0.29, 0.717) is 29.0 Å². The maximum Gasteiger partial charge on any atom is 0.307 e. The molecule has 0 fully saturated rings. The summed E-state index contributed by atoms with van der Waals surface area (Å²) in [6.07, 6.45) is 2.05. The van der Waals surface area contributed by atoms with Gasteiger partial charge in [-0.2, -0.15) is 0 Å². The first-order valence-corrected chi connectivity index (χ1v) is 7.77. The van der Waals surface area contributed by atoms with Crippen LogP contribution in [0.15, 0.2) is 23.2 Å². The maximum absolute atomic E-state index is 11.0. The highest BCUT2D eigenvalue weighted by atomic mass is 127. The summed E-state index contributed by atoms with van der Waals surface area (Å²) in [6.45, 7) is 1.23. The molecule has 0 radical (unpaired) electrons. The molecular formula is C15H22Cl2IN3O2. The molecule has 0 saturated heterocycles. The fraction of sp³-hybridized carbons (Fsp3) is 0.467. The van der Waals surface area contributed by atoms with Crippen molar-refractivity contribution in [2.24, 2.45) is 4.99 Å². The molecule has 1 aromatic rings. The Kier molecular flexibility index (Phi) is 12.3. The van der Waals surface area contributed by atoms with Crippen molar-refractivity contribution in [2.45, 2.75) is 19.3 Å². The fourth-order valence-electron chi connectivity index (χ4n) is 1.82. The molecule has 0 spiro atoms. The van der Waals surface area contributed by atoms with Gasteiger partial charge in [-0.15, -0.1) is 24.0 Å². The minimum absolute atomic E-state index is 0. The third-order valence-electron chi connectivity index (χ3n) is 3.00. The quantitative estimate of drug-likeness (QED) is 0.210. The second-order valence-corrected chi connectivity index (χ2v) is 5.43. The molecule has 2 N–H and O–H groups in total. The average molecular weight is 474 g/mol. The van der Waals surface area contributed by atoms with E-state index >= 15 is 0 Å². The Balaban J connectivity index is 0.00000484. The lowest BCUT2D eigenvalue weighted by molar-refractivity contribution is -0.140. The molecule has 5 nitrogen and oxygen atoms in total. The maximum atomic E-state index is 11.0. The molecule has 0 aromatic heterocycles. The number of benzene rings is 1. The molecule has 0 aliphatic rings. The van der Waals surface area contributed by atoms with Gasteiger partial charge >= 0.3 is 5.97 Å². The standard InChI is InChI=1S/C15H21Cl2N3O2.HI/c1-18-15(20-9-7-14(21)22-2)19-8-3-4-11-5-6-12(16)10-13(11)17;/h5-6,10H,3-4,7-9H2,1-2H3,(H2,18,19,20);1H. The number of rotatable bonds is 7. The van der Waals surface area contributed by atoms with Crippen LogP contribution in [0.5, 0.6) is 0 Å². The third-order valence-corrected chi connectivity index (χ3v) is 3.59. The highest BCUT2D eigenvalue weighted by molar-refractivity contribution is 14.0. The molecule has 130 valence electrons. The smallest absolute Gasteiger partial charge is 0.307 e. The van der Waals surface area contributed by atoms with Crippen LogP contribution in [0.4, 0.5) is 0 Å². The van der Waals surface area contributed by atoms with Crippen molar-refractivity contribution in [3.63, 3.8) is 0 Å². The number of aryl methyl sites for hydroxylation is 1. The summed E-state index contributed by atoms with van der Waals surface area (Å²) in [5, 5.41) is 7.56. The molecule has 8 heteroatoms. The molecule has 0 saturated carbocycles. The largest absolute Gasteiger partial charge is 0.469 e. The second-order valence-electron chi connectivity index (χ2n) is 4.59. The first-order chi connectivity index (χ1) is 10.6. The van der Waals surface area contributed by atoms with Crippen LogP contribution < -0.4 is 10.6 Å². The number of hydrogen-bond acceptors (Lipinski definition) is 3. The number of nitrogens with one attached hydrogen (secondary N) is 2. The topological polar surface area (TPSA) is 62.7 Å². The van der Waals surface area contributed by atoms with E-state index < -0.39 is 0 Å². The summed E-state index contributed by atoms with van der Waals surface area (Å²) in [7, 11) is 3.06. The van der Waals surface area contributed by atoms with Crippen LogP contribution in [0.3, 0.4) is 0 Å². The van der Waals surface area contributed by atoms with E-state index in [1.54, 1.807) is 13.1 Å². The van der Waals surface area contributed by atoms with Crippen molar-refractivity contribution in [1.29, 1.82) is 0 Å². The Morgan fingerprint density at radius 3 is 2.57 bits per heavy atom. The van der Waals surface area contributed by atoms with Crippen LogP contribution in [0.1, 0.15) is 18.4 Å². The number of methoxy groups -OCH3 is 1. The number of nitrogens with zero attached hydrogens (tertiary/aromatic N) is 1. The van der Waals surface area contributed by atoms with Gasteiger partial charge in [-0.3, -0.25) is 9.79 Å². The fourth-order valence-corrected chi connectivity index (χ4v) is 2.32. The second kappa shape index (κ2) is 12.7. The van der Waals surface area contributed by atoms with Crippen molar-refractivity contribution in [3.05, 3.63) is 33.8 Å². The van der Waals surface area contributed by atoms with E-state index in [1.165, 1.54) is 7.11 Å². The zero-order valence-electron chi connectivity index (χ0n) is 13.2. The van der Waals surface area contributed by atoms with Gasteiger partial charge in [-0.05, 0) is 30.5 Å². The van der Waals surface area contributed by atoms with E-state index in [1.807, 2.05) is 12.1 Å². The normalized spacial score (nSPS) is 10.7. The van der Waals surface area contributed by atoms with Crippen molar-refractivity contribution in [3.8, 4) is 0 Å². The van der Waals surface area contributed by atoms with Gasteiger partial charge in [0.1, 0.15) is 0 Å². The van der Waals surface area contributed by atoms with Crippen molar-refractivity contribution in [1.82, 2.24) is 10.6 Å². The summed E-state index contributed by atoms with van der Waals surface area (Å²) in [5.41, 5.74) is 1.07. The van der Waals surface area contributed by atoms with Gasteiger partial charge in [0.2, 0.25) is 0 Å². The first kappa shape index (κ1) is 22.3. The summed E-state index contributed by atoms with van der Waals surface area (Å²) in [5.74, 6) is 0.409. The summed E-state index contributed by atoms with van der Waals surface area (Å²) in [4.78, 5) is 15.1. The van der Waals surface area contributed by atoms with Crippen LogP contribution in [0.2, 0.25) is 10.0 Å². The van der Waals surface area contributed by atoms with Gasteiger partial charge in [-0.25, -0.2) is 0 Å². The van der Waals surface area contributed by atoms with E-state index in [0.717, 1.165) is 24.9 Å². The van der Waals surface area contributed by atoms with Gasteiger partial charge in [0.15, 0.2) is 5.96 Å². The number of halogens is 3. The molecule has 1 rings (SSSR count). The van der Waals surface area contributed by atoms with E-state index in [2.05, 4.69) is 20.4 Å². The van der Waals surface area contributed by atoms with Crippen molar-refractivity contribution < 1.29 is 9.53 Å². The van der Waals surface area contributed by atoms with Gasteiger partial charge in [0.25, 0.3) is 0 Å². The number of esters is 1.